The number of nitrogens with zero attached hydrogens (tertiary/aromatic N) is 1. The number of fused-ring (bicyclic) bond motifs is 1. The van der Waals surface area contributed by atoms with Crippen LogP contribution < -0.4 is 0 Å². The summed E-state index contributed by atoms with van der Waals surface area (Å²) in [6.07, 6.45) is -4.43. The van der Waals surface area contributed by atoms with Crippen molar-refractivity contribution in [3.63, 3.8) is 0 Å². The van der Waals surface area contributed by atoms with E-state index in [1.165, 1.54) is 65.2 Å². The first-order chi connectivity index (χ1) is 23.4. The highest BCUT2D eigenvalue weighted by Gasteiger charge is 2.41. The van der Waals surface area contributed by atoms with Crippen LogP contribution in [0.1, 0.15) is 50.2 Å². The molecule has 0 saturated heterocycles. The minimum atomic E-state index is -2.21. The van der Waals surface area contributed by atoms with Gasteiger partial charge >= 0.3 is 23.9 Å². The fourth-order valence-corrected chi connectivity index (χ4v) is 5.84. The van der Waals surface area contributed by atoms with Crippen LogP contribution in [-0.2, 0) is 25.6 Å². The van der Waals surface area contributed by atoms with E-state index in [0.29, 0.717) is 10.9 Å². The molecule has 4 aromatic rings. The van der Waals surface area contributed by atoms with Crippen LogP contribution in [0.2, 0.25) is 10.0 Å². The molecule has 0 unspecified atom stereocenters. The van der Waals surface area contributed by atoms with Crippen molar-refractivity contribution in [2.24, 2.45) is 0 Å². The zero-order valence-corrected chi connectivity index (χ0v) is 30.1. The first-order valence-electron chi connectivity index (χ1n) is 14.9. The van der Waals surface area contributed by atoms with Crippen LogP contribution in [-0.4, -0.2) is 82.0 Å². The number of aliphatic hydroxyl groups is 1. The summed E-state index contributed by atoms with van der Waals surface area (Å²) in [5.41, 5.74) is 3.77. The highest BCUT2D eigenvalue weighted by atomic mass is 79.9. The molecule has 1 heterocycles. The van der Waals surface area contributed by atoms with Gasteiger partial charge in [0.2, 0.25) is 12.2 Å². The zero-order chi connectivity index (χ0) is 36.1. The van der Waals surface area contributed by atoms with Crippen molar-refractivity contribution >= 4 is 63.0 Å². The highest BCUT2D eigenvalue weighted by Crippen LogP contribution is 2.38. The molecule has 266 valence electrons. The van der Waals surface area contributed by atoms with Crippen LogP contribution in [0.3, 0.4) is 0 Å². The fraction of sp³-hybridized carbons (Fsp3) is 0.222. The number of rotatable bonds is 8. The lowest BCUT2D eigenvalue weighted by atomic mass is 9.85. The topological polar surface area (TPSA) is 182 Å². The molecule has 14 heteroatoms. The fourth-order valence-electron chi connectivity index (χ4n) is 4.85. The summed E-state index contributed by atoms with van der Waals surface area (Å²) in [4.78, 5) is 49.1. The number of carboxylic acids is 2. The number of carbonyl (C=O) groups is 4. The minimum absolute atomic E-state index is 0. The molecular formula is C36H36BrCl2NO10. The molecule has 11 nitrogen and oxygen atoms in total. The first kappa shape index (κ1) is 41.9. The van der Waals surface area contributed by atoms with E-state index in [1.54, 1.807) is 19.1 Å². The first-order valence-corrected chi connectivity index (χ1v) is 16.4. The maximum Gasteiger partial charge on any atom is 0.349 e. The van der Waals surface area contributed by atoms with E-state index in [4.69, 9.17) is 37.8 Å². The third-order valence-electron chi connectivity index (χ3n) is 6.99. The Bertz CT molecular complexity index is 1670. The Morgan fingerprint density at radius 1 is 0.820 bits per heavy atom. The number of carboxylic acid groups (broad SMARTS) is 2. The largest absolute Gasteiger partial charge is 0.478 e. The van der Waals surface area contributed by atoms with Crippen molar-refractivity contribution in [1.29, 1.82) is 0 Å². The summed E-state index contributed by atoms with van der Waals surface area (Å²) in [6, 6.07) is 27.2. The van der Waals surface area contributed by atoms with E-state index in [9.17, 15) is 29.4 Å². The Morgan fingerprint density at radius 2 is 1.30 bits per heavy atom. The Balaban J connectivity index is 0.000000323. The molecule has 4 aromatic carbocycles. The number of likely N-dealkylation sites (N-methyl/N-ethyl adjacent to an activating group) is 1. The predicted octanol–water partition coefficient (Wildman–Crippen LogP) is 6.11. The third-order valence-corrected chi connectivity index (χ3v) is 8.04. The number of halogens is 3. The van der Waals surface area contributed by atoms with Crippen molar-refractivity contribution in [2.45, 2.75) is 31.6 Å². The standard InChI is InChI=1S/C18H14O8.C16H14BrCl2N.C2H6O.H2O/c19-15(20)13(25-17(23)11-7-3-1-4-8-11)14(16(21)22)26-18(24)12-9-5-2-6-10-12;1-20-8-14(10-3-2-4-11(17)5-10)13-6-12(18)7-16(19)15(13)9-20;1-2-3;/h1-10,13-14H,(H,19,20)(H,21,22);2-7,14H,8-9H2,1H3;3H,2H2,1H3;1H2/t13-,14-;14-;;/m10../s1. The number of hydrogen-bond donors (Lipinski definition) is 3. The molecule has 0 fully saturated rings. The van der Waals surface area contributed by atoms with Crippen LogP contribution in [0.25, 0.3) is 0 Å². The Labute approximate surface area is 307 Å². The predicted molar refractivity (Wildman–Crippen MR) is 192 cm³/mol. The minimum Gasteiger partial charge on any atom is -0.478 e. The highest BCUT2D eigenvalue weighted by molar-refractivity contribution is 9.10. The van der Waals surface area contributed by atoms with Crippen molar-refractivity contribution in [1.82, 2.24) is 4.90 Å². The SMILES string of the molecule is CCO.CN1Cc2c(Cl)cc(Cl)cc2[C@H](c2cccc(Br)c2)C1.O.O=C(O[C@@H](C(=O)O)[C@@H](OC(=O)c1ccccc1)C(=O)O)c1ccccc1. The quantitative estimate of drug-likeness (QED) is 0.176. The molecule has 1 aliphatic rings. The van der Waals surface area contributed by atoms with Gasteiger partial charge < -0.3 is 35.2 Å². The van der Waals surface area contributed by atoms with Gasteiger partial charge in [-0.25, -0.2) is 19.2 Å². The maximum atomic E-state index is 12.0. The smallest absolute Gasteiger partial charge is 0.349 e. The molecule has 1 aliphatic heterocycles. The lowest BCUT2D eigenvalue weighted by molar-refractivity contribution is -0.166. The van der Waals surface area contributed by atoms with Gasteiger partial charge in [-0.05, 0) is 79.2 Å². The van der Waals surface area contributed by atoms with Crippen LogP contribution in [0.5, 0.6) is 0 Å². The molecule has 3 atom stereocenters. The van der Waals surface area contributed by atoms with E-state index >= 15 is 0 Å². The van der Waals surface area contributed by atoms with Gasteiger partial charge in [0.1, 0.15) is 0 Å². The Hall–Kier alpha value is -4.30. The van der Waals surface area contributed by atoms with E-state index in [0.717, 1.165) is 22.6 Å². The van der Waals surface area contributed by atoms with Crippen molar-refractivity contribution in [3.05, 3.63) is 139 Å². The number of aliphatic hydroxyl groups excluding tert-OH is 1. The molecule has 0 spiro atoms. The second-order valence-electron chi connectivity index (χ2n) is 10.6. The van der Waals surface area contributed by atoms with Gasteiger partial charge in [0, 0.05) is 40.1 Å². The lowest BCUT2D eigenvalue weighted by Gasteiger charge is -2.33. The van der Waals surface area contributed by atoms with Crippen LogP contribution >= 0.6 is 39.1 Å². The molecule has 5 N–H and O–H groups in total. The van der Waals surface area contributed by atoms with Gasteiger partial charge in [-0.15, -0.1) is 0 Å². The van der Waals surface area contributed by atoms with Crippen LogP contribution in [0, 0.1) is 0 Å². The van der Waals surface area contributed by atoms with Gasteiger partial charge in [-0.1, -0.05) is 87.7 Å². The number of ether oxygens (including phenoxy) is 2. The molecule has 50 heavy (non-hydrogen) atoms. The molecule has 0 aliphatic carbocycles. The number of esters is 2. The molecule has 0 saturated carbocycles. The van der Waals surface area contributed by atoms with Gasteiger partial charge in [-0.2, -0.15) is 0 Å². The molecule has 5 rings (SSSR count). The van der Waals surface area contributed by atoms with E-state index in [2.05, 4.69) is 52.1 Å². The van der Waals surface area contributed by atoms with E-state index in [1.807, 2.05) is 12.1 Å². The van der Waals surface area contributed by atoms with Crippen LogP contribution in [0.15, 0.2) is 102 Å². The molecule has 0 aromatic heterocycles. The van der Waals surface area contributed by atoms with E-state index in [-0.39, 0.29) is 23.2 Å². The van der Waals surface area contributed by atoms with Gasteiger partial charge in [0.25, 0.3) is 0 Å². The maximum absolute atomic E-state index is 12.0. The van der Waals surface area contributed by atoms with E-state index < -0.39 is 36.1 Å². The van der Waals surface area contributed by atoms with Crippen molar-refractivity contribution in [2.75, 3.05) is 20.2 Å². The average molecular weight is 793 g/mol. The normalized spacial score (nSPS) is 14.4. The Kier molecular flexibility index (Phi) is 17.1. The number of aliphatic carboxylic acids is 2. The molecule has 0 amide bonds. The van der Waals surface area contributed by atoms with Gasteiger partial charge in [0.05, 0.1) is 11.1 Å². The Morgan fingerprint density at radius 3 is 1.74 bits per heavy atom. The van der Waals surface area contributed by atoms with Crippen molar-refractivity contribution in [3.8, 4) is 0 Å². The average Bonchev–Trinajstić information content (AvgIpc) is 3.07. The summed E-state index contributed by atoms with van der Waals surface area (Å²) in [5.74, 6) is -5.33. The monoisotopic (exact) mass is 791 g/mol. The zero-order valence-electron chi connectivity index (χ0n) is 27.0. The number of benzene rings is 4. The lowest BCUT2D eigenvalue weighted by Crippen LogP contribution is -2.45. The second-order valence-corrected chi connectivity index (χ2v) is 12.4. The summed E-state index contributed by atoms with van der Waals surface area (Å²) in [6.45, 7) is 3.77. The van der Waals surface area contributed by atoms with Gasteiger partial charge in [0.15, 0.2) is 0 Å². The summed E-state index contributed by atoms with van der Waals surface area (Å²) >= 11 is 16.1. The molecular weight excluding hydrogens is 757 g/mol. The van der Waals surface area contributed by atoms with Crippen LogP contribution in [0.4, 0.5) is 0 Å². The number of hydrogen-bond acceptors (Lipinski definition) is 8. The third kappa shape index (κ3) is 11.9. The number of carbonyl (C=O) groups excluding carboxylic acids is 2. The summed E-state index contributed by atoms with van der Waals surface area (Å²) in [5, 5.41) is 27.5. The molecule has 0 bridgehead atoms. The van der Waals surface area contributed by atoms with Gasteiger partial charge in [-0.3, -0.25) is 0 Å². The second kappa shape index (κ2) is 20.4. The van der Waals surface area contributed by atoms with Crippen molar-refractivity contribution < 1.29 is 49.4 Å². The summed E-state index contributed by atoms with van der Waals surface area (Å²) in [7, 11) is 2.12. The summed E-state index contributed by atoms with van der Waals surface area (Å²) < 4.78 is 10.6. The molecule has 0 radical (unpaired) electrons.